The van der Waals surface area contributed by atoms with Gasteiger partial charge in [0.15, 0.2) is 5.13 Å². The van der Waals surface area contributed by atoms with E-state index >= 15 is 0 Å². The molecule has 1 aromatic heterocycles. The van der Waals surface area contributed by atoms with Gasteiger partial charge in [-0.25, -0.2) is 4.98 Å². The number of aromatic nitrogens is 1. The van der Waals surface area contributed by atoms with Crippen LogP contribution in [-0.4, -0.2) is 46.9 Å². The summed E-state index contributed by atoms with van der Waals surface area (Å²) in [7, 11) is 0. The number of carbonyl (C=O) groups is 1. The topological polar surface area (TPSA) is 79.6 Å². The molecule has 1 fully saturated rings. The molecule has 0 aliphatic carbocycles. The molecule has 0 spiro atoms. The van der Waals surface area contributed by atoms with Crippen molar-refractivity contribution in [2.24, 2.45) is 0 Å². The van der Waals surface area contributed by atoms with Gasteiger partial charge in [0.1, 0.15) is 5.56 Å². The first-order chi connectivity index (χ1) is 13.5. The summed E-state index contributed by atoms with van der Waals surface area (Å²) in [5, 5.41) is 12.2. The van der Waals surface area contributed by atoms with E-state index in [0.717, 1.165) is 16.2 Å². The summed E-state index contributed by atoms with van der Waals surface area (Å²) in [6.45, 7) is 6.49. The Labute approximate surface area is 166 Å². The van der Waals surface area contributed by atoms with Crippen LogP contribution in [-0.2, 0) is 0 Å². The van der Waals surface area contributed by atoms with Crippen molar-refractivity contribution in [2.45, 2.75) is 13.8 Å². The number of thiazole rings is 1. The molecule has 0 radical (unpaired) electrons. The van der Waals surface area contributed by atoms with Crippen molar-refractivity contribution in [1.82, 2.24) is 9.88 Å². The monoisotopic (exact) mass is 396 g/mol. The average Bonchev–Trinajstić information content (AvgIpc) is 3.17. The van der Waals surface area contributed by atoms with Gasteiger partial charge in [0.25, 0.3) is 11.6 Å². The second-order valence-electron chi connectivity index (χ2n) is 6.93. The van der Waals surface area contributed by atoms with Gasteiger partial charge >= 0.3 is 0 Å². The average molecular weight is 396 g/mol. The lowest BCUT2D eigenvalue weighted by molar-refractivity contribution is -0.385. The number of benzene rings is 2. The largest absolute Gasteiger partial charge is 0.345 e. The van der Waals surface area contributed by atoms with E-state index in [1.54, 1.807) is 28.4 Å². The van der Waals surface area contributed by atoms with Crippen LogP contribution >= 0.6 is 11.3 Å². The van der Waals surface area contributed by atoms with Crippen LogP contribution in [0.1, 0.15) is 21.5 Å². The maximum atomic E-state index is 12.8. The normalized spacial score (nSPS) is 14.5. The third-order valence-electron chi connectivity index (χ3n) is 5.10. The summed E-state index contributed by atoms with van der Waals surface area (Å²) in [5.41, 5.74) is 3.42. The number of nitrogens with zero attached hydrogens (tertiary/aromatic N) is 4. The first-order valence-corrected chi connectivity index (χ1v) is 9.91. The molecule has 28 heavy (non-hydrogen) atoms. The minimum absolute atomic E-state index is 0.146. The third kappa shape index (κ3) is 3.20. The number of nitro groups is 1. The highest BCUT2D eigenvalue weighted by atomic mass is 32.1. The summed E-state index contributed by atoms with van der Waals surface area (Å²) < 4.78 is 1.20. The van der Waals surface area contributed by atoms with Crippen LogP contribution in [0.25, 0.3) is 10.2 Å². The van der Waals surface area contributed by atoms with Gasteiger partial charge in [-0.05, 0) is 31.0 Å². The van der Waals surface area contributed by atoms with Crippen molar-refractivity contribution in [3.63, 3.8) is 0 Å². The highest BCUT2D eigenvalue weighted by Gasteiger charge is 2.28. The molecule has 2 aromatic carbocycles. The summed E-state index contributed by atoms with van der Waals surface area (Å²) in [6, 6.07) is 10.3. The number of aryl methyl sites for hydroxylation is 2. The van der Waals surface area contributed by atoms with Crippen molar-refractivity contribution in [3.05, 3.63) is 63.2 Å². The predicted octanol–water partition coefficient (Wildman–Crippen LogP) is 3.78. The zero-order valence-corrected chi connectivity index (χ0v) is 16.5. The van der Waals surface area contributed by atoms with E-state index in [1.165, 1.54) is 22.4 Å². The van der Waals surface area contributed by atoms with Gasteiger partial charge in [0.05, 0.1) is 15.1 Å². The number of nitro benzene ring substituents is 1. The summed E-state index contributed by atoms with van der Waals surface area (Å²) in [6.07, 6.45) is 0. The molecular weight excluding hydrogens is 376 g/mol. The Bertz CT molecular complexity index is 1030. The third-order valence-corrected chi connectivity index (χ3v) is 6.35. The fourth-order valence-corrected chi connectivity index (χ4v) is 4.63. The van der Waals surface area contributed by atoms with Crippen molar-refractivity contribution >= 4 is 38.3 Å². The molecule has 144 valence electrons. The van der Waals surface area contributed by atoms with Gasteiger partial charge < -0.3 is 9.80 Å². The Balaban J connectivity index is 1.51. The van der Waals surface area contributed by atoms with Gasteiger partial charge in [0, 0.05) is 32.2 Å². The van der Waals surface area contributed by atoms with Crippen LogP contribution < -0.4 is 4.90 Å². The lowest BCUT2D eigenvalue weighted by Gasteiger charge is -2.34. The molecule has 0 atom stereocenters. The predicted molar refractivity (Wildman–Crippen MR) is 110 cm³/mol. The molecule has 0 N–H and O–H groups in total. The Morgan fingerprint density at radius 3 is 2.43 bits per heavy atom. The van der Waals surface area contributed by atoms with Gasteiger partial charge in [-0.1, -0.05) is 35.6 Å². The fourth-order valence-electron chi connectivity index (χ4n) is 3.47. The number of hydrogen-bond acceptors (Lipinski definition) is 6. The number of anilines is 1. The SMILES string of the molecule is Cc1ccc(C)c2sc(N3CCN(C(=O)c4ccccc4[N+](=O)[O-])CC3)nc12. The number of carbonyl (C=O) groups excluding carboxylic acids is 1. The molecule has 8 heteroatoms. The number of rotatable bonds is 3. The van der Waals surface area contributed by atoms with E-state index < -0.39 is 4.92 Å². The summed E-state index contributed by atoms with van der Waals surface area (Å²) >= 11 is 1.68. The van der Waals surface area contributed by atoms with E-state index in [9.17, 15) is 14.9 Å². The molecule has 1 aliphatic heterocycles. The molecule has 4 rings (SSSR count). The lowest BCUT2D eigenvalue weighted by Crippen LogP contribution is -2.48. The standard InChI is InChI=1S/C20H20N4O3S/c1-13-7-8-14(2)18-17(13)21-20(28-18)23-11-9-22(10-12-23)19(25)15-5-3-4-6-16(15)24(26)27/h3-8H,9-12H2,1-2H3. The Kier molecular flexibility index (Phi) is 4.72. The Hall–Kier alpha value is -3.00. The van der Waals surface area contributed by atoms with Crippen LogP contribution in [0.15, 0.2) is 36.4 Å². The van der Waals surface area contributed by atoms with Crippen molar-refractivity contribution in [1.29, 1.82) is 0 Å². The minimum atomic E-state index is -0.505. The molecule has 7 nitrogen and oxygen atoms in total. The van der Waals surface area contributed by atoms with Crippen LogP contribution in [0.2, 0.25) is 0 Å². The van der Waals surface area contributed by atoms with Gasteiger partial charge in [-0.2, -0.15) is 0 Å². The quantitative estimate of drug-likeness (QED) is 0.497. The highest BCUT2D eigenvalue weighted by molar-refractivity contribution is 7.22. The van der Waals surface area contributed by atoms with E-state index in [0.29, 0.717) is 26.2 Å². The number of piperazine rings is 1. The van der Waals surface area contributed by atoms with Crippen LogP contribution in [0.5, 0.6) is 0 Å². The number of para-hydroxylation sites is 1. The maximum absolute atomic E-state index is 12.8. The number of fused-ring (bicyclic) bond motifs is 1. The maximum Gasteiger partial charge on any atom is 0.282 e. The zero-order chi connectivity index (χ0) is 19.8. The van der Waals surface area contributed by atoms with Crippen LogP contribution in [0.3, 0.4) is 0 Å². The number of amides is 1. The van der Waals surface area contributed by atoms with Crippen molar-refractivity contribution < 1.29 is 9.72 Å². The molecule has 1 saturated heterocycles. The molecule has 3 aromatic rings. The molecule has 1 aliphatic rings. The van der Waals surface area contributed by atoms with E-state index in [2.05, 4.69) is 30.9 Å². The van der Waals surface area contributed by atoms with Crippen LogP contribution in [0, 0.1) is 24.0 Å². The lowest BCUT2D eigenvalue weighted by atomic mass is 10.1. The van der Waals surface area contributed by atoms with Crippen molar-refractivity contribution in [2.75, 3.05) is 31.1 Å². The van der Waals surface area contributed by atoms with Gasteiger partial charge in [-0.15, -0.1) is 0 Å². The Morgan fingerprint density at radius 1 is 1.07 bits per heavy atom. The van der Waals surface area contributed by atoms with E-state index in [1.807, 2.05) is 0 Å². The Morgan fingerprint density at radius 2 is 1.75 bits per heavy atom. The van der Waals surface area contributed by atoms with E-state index in [4.69, 9.17) is 4.98 Å². The first kappa shape index (κ1) is 18.4. The summed E-state index contributed by atoms with van der Waals surface area (Å²) in [4.78, 5) is 32.2. The smallest absolute Gasteiger partial charge is 0.282 e. The molecule has 0 saturated carbocycles. The molecular formula is C20H20N4O3S. The summed E-state index contributed by atoms with van der Waals surface area (Å²) in [5.74, 6) is -0.289. The minimum Gasteiger partial charge on any atom is -0.345 e. The first-order valence-electron chi connectivity index (χ1n) is 9.10. The van der Waals surface area contributed by atoms with Crippen LogP contribution in [0.4, 0.5) is 10.8 Å². The zero-order valence-electron chi connectivity index (χ0n) is 15.7. The van der Waals surface area contributed by atoms with Gasteiger partial charge in [-0.3, -0.25) is 14.9 Å². The number of hydrogen-bond donors (Lipinski definition) is 0. The van der Waals surface area contributed by atoms with E-state index in [-0.39, 0.29) is 17.2 Å². The molecule has 1 amide bonds. The second kappa shape index (κ2) is 7.20. The molecule has 0 unspecified atom stereocenters. The van der Waals surface area contributed by atoms with Gasteiger partial charge in [0.2, 0.25) is 0 Å². The molecule has 2 heterocycles. The fraction of sp³-hybridized carbons (Fsp3) is 0.300. The second-order valence-corrected chi connectivity index (χ2v) is 7.90. The molecule has 0 bridgehead atoms. The van der Waals surface area contributed by atoms with Crippen molar-refractivity contribution in [3.8, 4) is 0 Å². The highest BCUT2D eigenvalue weighted by Crippen LogP contribution is 2.33.